The summed E-state index contributed by atoms with van der Waals surface area (Å²) in [6.45, 7) is 4.37. The maximum absolute atomic E-state index is 12.6. The smallest absolute Gasteiger partial charge is 0.462 e. The summed E-state index contributed by atoms with van der Waals surface area (Å²) < 4.78 is 34.2. The fourth-order valence-electron chi connectivity index (χ4n) is 5.45. The van der Waals surface area contributed by atoms with Crippen molar-refractivity contribution < 1.29 is 42.1 Å². The van der Waals surface area contributed by atoms with Crippen LogP contribution in [0.1, 0.15) is 174 Å². The average molecular weight is 745 g/mol. The number of nitrogens with zero attached hydrogens (tertiary/aromatic N) is 1. The van der Waals surface area contributed by atoms with E-state index in [0.29, 0.717) is 17.4 Å². The maximum Gasteiger partial charge on any atom is 0.472 e. The highest BCUT2D eigenvalue weighted by molar-refractivity contribution is 7.47. The van der Waals surface area contributed by atoms with E-state index in [4.69, 9.17) is 18.5 Å². The molecule has 1 unspecified atom stereocenters. The predicted molar refractivity (Wildman–Crippen MR) is 211 cm³/mol. The number of phosphoric ester groups is 1. The minimum atomic E-state index is -4.37. The zero-order valence-electron chi connectivity index (χ0n) is 33.6. The number of carbonyl (C=O) groups is 2. The molecule has 0 rings (SSSR count). The second-order valence-electron chi connectivity index (χ2n) is 15.0. The van der Waals surface area contributed by atoms with Gasteiger partial charge in [-0.1, -0.05) is 141 Å². The number of esters is 2. The molecule has 0 aliphatic carbocycles. The number of hydrogen-bond acceptors (Lipinski definition) is 7. The van der Waals surface area contributed by atoms with Gasteiger partial charge in [0.25, 0.3) is 0 Å². The molecule has 9 nitrogen and oxygen atoms in total. The third-order valence-corrected chi connectivity index (χ3v) is 9.72. The number of hydrogen-bond donors (Lipinski definition) is 1. The topological polar surface area (TPSA) is 108 Å². The van der Waals surface area contributed by atoms with Crippen molar-refractivity contribution >= 4 is 19.8 Å². The fourth-order valence-corrected chi connectivity index (χ4v) is 6.20. The molecule has 0 amide bonds. The zero-order valence-corrected chi connectivity index (χ0v) is 34.5. The quantitative estimate of drug-likeness (QED) is 0.0220. The van der Waals surface area contributed by atoms with E-state index in [9.17, 15) is 19.0 Å². The van der Waals surface area contributed by atoms with Crippen LogP contribution in [0.15, 0.2) is 24.3 Å². The third kappa shape index (κ3) is 38.0. The molecular formula is C41H79NO8P+. The van der Waals surface area contributed by atoms with Crippen LogP contribution in [0.2, 0.25) is 0 Å². The zero-order chi connectivity index (χ0) is 37.9. The first-order chi connectivity index (χ1) is 24.5. The van der Waals surface area contributed by atoms with Gasteiger partial charge in [-0.3, -0.25) is 18.6 Å². The van der Waals surface area contributed by atoms with Crippen LogP contribution in [0.5, 0.6) is 0 Å². The molecule has 0 radical (unpaired) electrons. The van der Waals surface area contributed by atoms with Crippen molar-refractivity contribution in [1.29, 1.82) is 0 Å². The van der Waals surface area contributed by atoms with Gasteiger partial charge in [-0.05, 0) is 44.9 Å². The highest BCUT2D eigenvalue weighted by Gasteiger charge is 2.27. The molecule has 0 bridgehead atoms. The summed E-state index contributed by atoms with van der Waals surface area (Å²) >= 11 is 0. The lowest BCUT2D eigenvalue weighted by Crippen LogP contribution is -2.37. The standard InChI is InChI=1S/C41H78NO8P/c1-6-8-10-12-14-16-18-20-21-22-24-25-27-29-31-33-40(43)47-37-39(38-49-51(45,46)48-36-35-42(3,4)5)50-41(44)34-32-30-28-26-23-19-17-15-13-11-9-7-2/h14,16,20-21,39H,6-13,15,17-19,22-38H2,1-5H3/p+1/b16-14-,21-20-/t39-/m1/s1. The molecule has 0 spiro atoms. The Labute approximate surface area is 313 Å². The molecule has 0 saturated heterocycles. The molecule has 0 aliphatic heterocycles. The van der Waals surface area contributed by atoms with E-state index in [-0.39, 0.29) is 32.0 Å². The van der Waals surface area contributed by atoms with Crippen molar-refractivity contribution in [3.8, 4) is 0 Å². The lowest BCUT2D eigenvalue weighted by Gasteiger charge is -2.24. The number of allylic oxidation sites excluding steroid dienone is 4. The summed E-state index contributed by atoms with van der Waals surface area (Å²) in [4.78, 5) is 35.2. The Bertz CT molecular complexity index is 933. The van der Waals surface area contributed by atoms with Crippen molar-refractivity contribution in [3.63, 3.8) is 0 Å². The van der Waals surface area contributed by atoms with Crippen molar-refractivity contribution in [3.05, 3.63) is 24.3 Å². The van der Waals surface area contributed by atoms with Crippen LogP contribution in [-0.4, -0.2) is 74.9 Å². The van der Waals surface area contributed by atoms with Gasteiger partial charge in [-0.2, -0.15) is 0 Å². The molecule has 0 aromatic rings. The van der Waals surface area contributed by atoms with E-state index in [1.807, 2.05) is 21.1 Å². The largest absolute Gasteiger partial charge is 0.472 e. The second kappa shape index (κ2) is 34.3. The summed E-state index contributed by atoms with van der Waals surface area (Å²) in [5.41, 5.74) is 0. The molecule has 0 heterocycles. The van der Waals surface area contributed by atoms with Crippen molar-refractivity contribution in [2.45, 2.75) is 180 Å². The minimum Gasteiger partial charge on any atom is -0.462 e. The van der Waals surface area contributed by atoms with Crippen LogP contribution >= 0.6 is 7.82 Å². The monoisotopic (exact) mass is 745 g/mol. The lowest BCUT2D eigenvalue weighted by molar-refractivity contribution is -0.870. The molecule has 0 fully saturated rings. The molecule has 0 saturated carbocycles. The molecular weight excluding hydrogens is 665 g/mol. The van der Waals surface area contributed by atoms with Crippen molar-refractivity contribution in [1.82, 2.24) is 0 Å². The van der Waals surface area contributed by atoms with Crippen LogP contribution in [0.4, 0.5) is 0 Å². The van der Waals surface area contributed by atoms with Gasteiger partial charge in [0.15, 0.2) is 6.10 Å². The van der Waals surface area contributed by atoms with Gasteiger partial charge in [0.2, 0.25) is 0 Å². The van der Waals surface area contributed by atoms with E-state index in [1.165, 1.54) is 83.5 Å². The van der Waals surface area contributed by atoms with Gasteiger partial charge in [-0.15, -0.1) is 0 Å². The maximum atomic E-state index is 12.6. The molecule has 0 aromatic carbocycles. The molecule has 10 heteroatoms. The van der Waals surface area contributed by atoms with Gasteiger partial charge < -0.3 is 18.9 Å². The number of likely N-dealkylation sites (N-methyl/N-ethyl adjacent to an activating group) is 1. The number of unbranched alkanes of at least 4 members (excludes halogenated alkanes) is 19. The van der Waals surface area contributed by atoms with E-state index < -0.39 is 26.5 Å². The average Bonchev–Trinajstić information content (AvgIpc) is 3.07. The Hall–Kier alpha value is -1.51. The number of phosphoric acid groups is 1. The van der Waals surface area contributed by atoms with Gasteiger partial charge >= 0.3 is 19.8 Å². The highest BCUT2D eigenvalue weighted by Crippen LogP contribution is 2.43. The lowest BCUT2D eigenvalue weighted by atomic mass is 10.0. The number of quaternary nitrogens is 1. The number of carbonyl (C=O) groups excluding carboxylic acids is 2. The SMILES string of the molecule is CCCCC/C=C\C/C=C\CCCCCCCC(=O)OC[C@H](COP(=O)(O)OCC[N+](C)(C)C)OC(=O)CCCCCCCCCCCCCC. The van der Waals surface area contributed by atoms with Crippen molar-refractivity contribution in [2.75, 3.05) is 47.5 Å². The molecule has 0 aromatic heterocycles. The summed E-state index contributed by atoms with van der Waals surface area (Å²) in [5, 5.41) is 0. The number of rotatable bonds is 37. The summed E-state index contributed by atoms with van der Waals surface area (Å²) in [7, 11) is 1.47. The van der Waals surface area contributed by atoms with Gasteiger partial charge in [0.1, 0.15) is 19.8 Å². The molecule has 2 atom stereocenters. The molecule has 300 valence electrons. The molecule has 0 aliphatic rings. The van der Waals surface area contributed by atoms with Crippen LogP contribution in [0.25, 0.3) is 0 Å². The third-order valence-electron chi connectivity index (χ3n) is 8.73. The van der Waals surface area contributed by atoms with Gasteiger partial charge in [0, 0.05) is 12.8 Å². The van der Waals surface area contributed by atoms with E-state index >= 15 is 0 Å². The van der Waals surface area contributed by atoms with Gasteiger partial charge in [0.05, 0.1) is 27.7 Å². The Morgan fingerprint density at radius 3 is 1.59 bits per heavy atom. The van der Waals surface area contributed by atoms with Crippen molar-refractivity contribution in [2.24, 2.45) is 0 Å². The van der Waals surface area contributed by atoms with E-state index in [1.54, 1.807) is 0 Å². The van der Waals surface area contributed by atoms with Crippen LogP contribution < -0.4 is 0 Å². The minimum absolute atomic E-state index is 0.0310. The van der Waals surface area contributed by atoms with Crippen LogP contribution in [0.3, 0.4) is 0 Å². The normalized spacial score (nSPS) is 13.9. The van der Waals surface area contributed by atoms with E-state index in [2.05, 4.69) is 38.2 Å². The summed E-state index contributed by atoms with van der Waals surface area (Å²) in [6, 6.07) is 0. The summed E-state index contributed by atoms with van der Waals surface area (Å²) in [6.07, 6.45) is 35.0. The number of ether oxygens (including phenoxy) is 2. The first-order valence-corrected chi connectivity index (χ1v) is 22.1. The Morgan fingerprint density at radius 1 is 0.608 bits per heavy atom. The predicted octanol–water partition coefficient (Wildman–Crippen LogP) is 11.2. The Kier molecular flexibility index (Phi) is 33.3. The molecule has 1 N–H and O–H groups in total. The first kappa shape index (κ1) is 49.5. The fraction of sp³-hybridized carbons (Fsp3) is 0.854. The first-order valence-electron chi connectivity index (χ1n) is 20.6. The second-order valence-corrected chi connectivity index (χ2v) is 16.5. The van der Waals surface area contributed by atoms with E-state index in [0.717, 1.165) is 57.8 Å². The Morgan fingerprint density at radius 2 is 1.06 bits per heavy atom. The molecule has 51 heavy (non-hydrogen) atoms. The summed E-state index contributed by atoms with van der Waals surface area (Å²) in [5.74, 6) is -0.812. The highest BCUT2D eigenvalue weighted by atomic mass is 31.2. The van der Waals surface area contributed by atoms with Crippen LogP contribution in [0, 0.1) is 0 Å². The van der Waals surface area contributed by atoms with Gasteiger partial charge in [-0.25, -0.2) is 4.57 Å². The Balaban J connectivity index is 4.41. The van der Waals surface area contributed by atoms with Crippen LogP contribution in [-0.2, 0) is 32.7 Å².